The fourth-order valence-corrected chi connectivity index (χ4v) is 4.42. The monoisotopic (exact) mass is 421 g/mol. The number of fused-ring (bicyclic) bond motifs is 2. The minimum Gasteiger partial charge on any atom is -0.387 e. The zero-order valence-electron chi connectivity index (χ0n) is 14.6. The quantitative estimate of drug-likeness (QED) is 0.618. The molecular weight excluding hydrogens is 405 g/mol. The number of aliphatic hydroxyl groups is 2. The van der Waals surface area contributed by atoms with Crippen molar-refractivity contribution in [2.45, 2.75) is 37.1 Å². The van der Waals surface area contributed by atoms with Gasteiger partial charge in [-0.05, 0) is 35.7 Å². The Hall–Kier alpha value is -1.74. The molecule has 0 amide bonds. The van der Waals surface area contributed by atoms with E-state index in [9.17, 15) is 10.2 Å². The average Bonchev–Trinajstić information content (AvgIpc) is 3.24. The summed E-state index contributed by atoms with van der Waals surface area (Å²) in [5.41, 5.74) is 2.49. The van der Waals surface area contributed by atoms with Crippen LogP contribution in [0.1, 0.15) is 23.5 Å². The highest BCUT2D eigenvalue weighted by Gasteiger charge is 2.49. The summed E-state index contributed by atoms with van der Waals surface area (Å²) in [7, 11) is 0. The van der Waals surface area contributed by atoms with E-state index in [0.29, 0.717) is 27.8 Å². The molecule has 2 aliphatic rings. The van der Waals surface area contributed by atoms with Crippen molar-refractivity contribution in [3.8, 4) is 0 Å². The molecule has 28 heavy (non-hydrogen) atoms. The van der Waals surface area contributed by atoms with Gasteiger partial charge in [0.15, 0.2) is 6.23 Å². The van der Waals surface area contributed by atoms with Gasteiger partial charge in [-0.25, -0.2) is 9.97 Å². The van der Waals surface area contributed by atoms with E-state index in [1.165, 1.54) is 6.33 Å². The lowest BCUT2D eigenvalue weighted by Gasteiger charge is -2.31. The Kier molecular flexibility index (Phi) is 4.54. The number of aromatic nitrogens is 3. The molecule has 4 heterocycles. The summed E-state index contributed by atoms with van der Waals surface area (Å²) >= 11 is 12.2. The van der Waals surface area contributed by atoms with Gasteiger partial charge < -0.3 is 24.3 Å². The maximum Gasteiger partial charge on any atom is 0.164 e. The summed E-state index contributed by atoms with van der Waals surface area (Å²) in [6.45, 7) is 0.487. The summed E-state index contributed by atoms with van der Waals surface area (Å²) in [5, 5.41) is 23.0. The van der Waals surface area contributed by atoms with Gasteiger partial charge in [-0.15, -0.1) is 0 Å². The van der Waals surface area contributed by atoms with Crippen LogP contribution >= 0.6 is 23.2 Å². The van der Waals surface area contributed by atoms with Crippen molar-refractivity contribution in [3.05, 3.63) is 58.1 Å². The zero-order valence-corrected chi connectivity index (χ0v) is 16.1. The van der Waals surface area contributed by atoms with Crippen LogP contribution in [0.4, 0.5) is 0 Å². The smallest absolute Gasteiger partial charge is 0.164 e. The largest absolute Gasteiger partial charge is 0.387 e. The first kappa shape index (κ1) is 18.3. The van der Waals surface area contributed by atoms with Gasteiger partial charge in [0.25, 0.3) is 0 Å². The predicted octanol–water partition coefficient (Wildman–Crippen LogP) is 2.67. The van der Waals surface area contributed by atoms with Crippen LogP contribution in [0.25, 0.3) is 11.0 Å². The van der Waals surface area contributed by atoms with Crippen LogP contribution in [0.15, 0.2) is 36.8 Å². The molecule has 1 saturated heterocycles. The third kappa shape index (κ3) is 2.82. The standard InChI is InChI=1S/C19H17Cl2N3O4/c20-10-1-2-11-9(7-10)4-6-27-15(11)16-13(25)14(26)19(28-16)24-5-3-12-17(21)22-8-23-18(12)24/h1-3,5,7-8,13-16,19,25-26H,4,6H2/t13-,14+,15+,16-,19-/m0/s1. The number of aliphatic hydroxyl groups excluding tert-OH is 2. The van der Waals surface area contributed by atoms with Crippen molar-refractivity contribution in [1.82, 2.24) is 14.5 Å². The van der Waals surface area contributed by atoms with Gasteiger partial charge in [0.1, 0.15) is 41.5 Å². The number of ether oxygens (including phenoxy) is 2. The number of benzene rings is 1. The van der Waals surface area contributed by atoms with Crippen molar-refractivity contribution in [1.29, 1.82) is 0 Å². The SMILES string of the molecule is O[C@@H]1[C@H](O)[C@@H]([C@@H]2OCCc3cc(Cl)ccc32)O[C@@H]1n1ccc2c(Cl)ncnc21. The van der Waals surface area contributed by atoms with E-state index in [-0.39, 0.29) is 0 Å². The van der Waals surface area contributed by atoms with Crippen LogP contribution in [-0.4, -0.2) is 49.7 Å². The molecule has 0 unspecified atom stereocenters. The lowest BCUT2D eigenvalue weighted by molar-refractivity contribution is -0.113. The molecule has 2 aromatic heterocycles. The number of hydrogen-bond acceptors (Lipinski definition) is 6. The van der Waals surface area contributed by atoms with Crippen molar-refractivity contribution in [3.63, 3.8) is 0 Å². The van der Waals surface area contributed by atoms with Crippen LogP contribution in [0.2, 0.25) is 10.2 Å². The molecule has 0 aliphatic carbocycles. The number of halogens is 2. The van der Waals surface area contributed by atoms with Gasteiger partial charge in [-0.1, -0.05) is 29.3 Å². The third-order valence-electron chi connectivity index (χ3n) is 5.39. The van der Waals surface area contributed by atoms with Gasteiger partial charge >= 0.3 is 0 Å². The molecule has 0 spiro atoms. The summed E-state index contributed by atoms with van der Waals surface area (Å²) in [6.07, 6.45) is -0.569. The molecule has 0 saturated carbocycles. The zero-order chi connectivity index (χ0) is 19.4. The van der Waals surface area contributed by atoms with Crippen LogP contribution in [0, 0.1) is 0 Å². The number of nitrogens with zero attached hydrogens (tertiary/aromatic N) is 3. The summed E-state index contributed by atoms with van der Waals surface area (Å²) in [6, 6.07) is 7.33. The van der Waals surface area contributed by atoms with Crippen LogP contribution in [-0.2, 0) is 15.9 Å². The molecule has 3 aromatic rings. The van der Waals surface area contributed by atoms with Gasteiger partial charge in [0, 0.05) is 11.2 Å². The first-order valence-corrected chi connectivity index (χ1v) is 9.69. The highest BCUT2D eigenvalue weighted by Crippen LogP contribution is 2.41. The molecule has 2 aliphatic heterocycles. The Bertz CT molecular complexity index is 1040. The minimum absolute atomic E-state index is 0.315. The van der Waals surface area contributed by atoms with E-state index >= 15 is 0 Å². The molecular formula is C19H17Cl2N3O4. The van der Waals surface area contributed by atoms with E-state index < -0.39 is 30.6 Å². The molecule has 0 bridgehead atoms. The van der Waals surface area contributed by atoms with E-state index in [1.807, 2.05) is 12.1 Å². The lowest BCUT2D eigenvalue weighted by atomic mass is 9.92. The normalized spacial score (nSPS) is 29.9. The summed E-state index contributed by atoms with van der Waals surface area (Å²) in [4.78, 5) is 8.20. The lowest BCUT2D eigenvalue weighted by Crippen LogP contribution is -2.37. The van der Waals surface area contributed by atoms with E-state index in [2.05, 4.69) is 9.97 Å². The molecule has 9 heteroatoms. The fourth-order valence-electron chi connectivity index (χ4n) is 4.04. The average molecular weight is 422 g/mol. The molecule has 1 aromatic carbocycles. The van der Waals surface area contributed by atoms with Crippen LogP contribution in [0.3, 0.4) is 0 Å². The number of rotatable bonds is 2. The van der Waals surface area contributed by atoms with E-state index in [1.54, 1.807) is 22.9 Å². The third-order valence-corrected chi connectivity index (χ3v) is 5.93. The Morgan fingerprint density at radius 1 is 1.11 bits per heavy atom. The van der Waals surface area contributed by atoms with Gasteiger partial charge in [-0.3, -0.25) is 0 Å². The second-order valence-corrected chi connectivity index (χ2v) is 7.78. The highest BCUT2D eigenvalue weighted by molar-refractivity contribution is 6.33. The summed E-state index contributed by atoms with van der Waals surface area (Å²) < 4.78 is 13.7. The van der Waals surface area contributed by atoms with Gasteiger partial charge in [0.05, 0.1) is 12.0 Å². The Balaban J connectivity index is 1.50. The number of hydrogen-bond donors (Lipinski definition) is 2. The van der Waals surface area contributed by atoms with Crippen molar-refractivity contribution in [2.75, 3.05) is 6.61 Å². The van der Waals surface area contributed by atoms with E-state index in [4.69, 9.17) is 32.7 Å². The second kappa shape index (κ2) is 6.95. The molecule has 7 nitrogen and oxygen atoms in total. The Labute approximate surface area is 170 Å². The molecule has 2 N–H and O–H groups in total. The van der Waals surface area contributed by atoms with Crippen molar-refractivity contribution >= 4 is 34.2 Å². The maximum atomic E-state index is 10.7. The molecule has 5 atom stereocenters. The fraction of sp³-hybridized carbons (Fsp3) is 0.368. The summed E-state index contributed by atoms with van der Waals surface area (Å²) in [5.74, 6) is 0. The topological polar surface area (TPSA) is 89.6 Å². The Morgan fingerprint density at radius 3 is 2.82 bits per heavy atom. The first-order chi connectivity index (χ1) is 13.5. The predicted molar refractivity (Wildman–Crippen MR) is 102 cm³/mol. The van der Waals surface area contributed by atoms with Crippen molar-refractivity contribution in [2.24, 2.45) is 0 Å². The van der Waals surface area contributed by atoms with Crippen molar-refractivity contribution < 1.29 is 19.7 Å². The molecule has 0 radical (unpaired) electrons. The molecule has 146 valence electrons. The molecule has 5 rings (SSSR count). The second-order valence-electron chi connectivity index (χ2n) is 6.98. The Morgan fingerprint density at radius 2 is 1.96 bits per heavy atom. The van der Waals surface area contributed by atoms with Gasteiger partial charge in [0.2, 0.25) is 0 Å². The first-order valence-electron chi connectivity index (χ1n) is 8.93. The van der Waals surface area contributed by atoms with Crippen LogP contribution < -0.4 is 0 Å². The minimum atomic E-state index is -1.16. The maximum absolute atomic E-state index is 10.7. The highest BCUT2D eigenvalue weighted by atomic mass is 35.5. The molecule has 1 fully saturated rings. The van der Waals surface area contributed by atoms with Gasteiger partial charge in [-0.2, -0.15) is 0 Å². The van der Waals surface area contributed by atoms with E-state index in [0.717, 1.165) is 17.5 Å². The van der Waals surface area contributed by atoms with Crippen LogP contribution in [0.5, 0.6) is 0 Å².